The standard InChI is InChI=1S/C20H19NO3S/c1-14-11-12-15(17-8-4-6-10-20(17)25(21,22)23)18(13-14)16-7-3-5-9-19(16)24-2/h3-13H,1-2H3,(H2,21,22,23). The minimum absolute atomic E-state index is 0.106. The summed E-state index contributed by atoms with van der Waals surface area (Å²) in [6.07, 6.45) is 0. The van der Waals surface area contributed by atoms with Gasteiger partial charge < -0.3 is 4.74 Å². The second-order valence-electron chi connectivity index (χ2n) is 5.79. The number of sulfonamides is 1. The van der Waals surface area contributed by atoms with E-state index in [2.05, 4.69) is 0 Å². The Labute approximate surface area is 147 Å². The molecule has 0 aliphatic carbocycles. The van der Waals surface area contributed by atoms with Crippen LogP contribution >= 0.6 is 0 Å². The molecule has 0 bridgehead atoms. The Balaban J connectivity index is 2.34. The van der Waals surface area contributed by atoms with Crippen LogP contribution < -0.4 is 9.88 Å². The molecule has 0 atom stereocenters. The highest BCUT2D eigenvalue weighted by atomic mass is 32.2. The predicted molar refractivity (Wildman–Crippen MR) is 100.0 cm³/mol. The molecule has 3 aromatic rings. The molecule has 0 heterocycles. The van der Waals surface area contributed by atoms with Gasteiger partial charge in [-0.25, -0.2) is 13.6 Å². The maximum atomic E-state index is 12.0. The monoisotopic (exact) mass is 353 g/mol. The summed E-state index contributed by atoms with van der Waals surface area (Å²) in [7, 11) is -2.22. The van der Waals surface area contributed by atoms with Gasteiger partial charge in [-0.15, -0.1) is 0 Å². The van der Waals surface area contributed by atoms with Gasteiger partial charge in [0, 0.05) is 11.1 Å². The normalized spacial score (nSPS) is 11.3. The van der Waals surface area contributed by atoms with Crippen LogP contribution in [0.25, 0.3) is 22.3 Å². The minimum atomic E-state index is -3.84. The van der Waals surface area contributed by atoms with Gasteiger partial charge in [0.15, 0.2) is 0 Å². The van der Waals surface area contributed by atoms with Crippen molar-refractivity contribution in [1.82, 2.24) is 0 Å². The van der Waals surface area contributed by atoms with E-state index < -0.39 is 10.0 Å². The number of nitrogens with two attached hydrogens (primary N) is 1. The van der Waals surface area contributed by atoms with Crippen LogP contribution in [-0.2, 0) is 10.0 Å². The number of para-hydroxylation sites is 1. The molecule has 0 aromatic heterocycles. The molecule has 0 aliphatic rings. The second kappa shape index (κ2) is 6.70. The molecule has 4 nitrogen and oxygen atoms in total. The number of aryl methyl sites for hydroxylation is 1. The van der Waals surface area contributed by atoms with Gasteiger partial charge in [0.25, 0.3) is 0 Å². The van der Waals surface area contributed by atoms with E-state index in [0.717, 1.165) is 28.0 Å². The van der Waals surface area contributed by atoms with Gasteiger partial charge >= 0.3 is 0 Å². The summed E-state index contributed by atoms with van der Waals surface area (Å²) in [4.78, 5) is 0.106. The Morgan fingerprint density at radius 1 is 0.800 bits per heavy atom. The van der Waals surface area contributed by atoms with Gasteiger partial charge in [-0.05, 0) is 30.2 Å². The molecule has 0 saturated heterocycles. The molecule has 0 amide bonds. The summed E-state index contributed by atoms with van der Waals surface area (Å²) in [5, 5.41) is 5.42. The summed E-state index contributed by atoms with van der Waals surface area (Å²) in [5.74, 6) is 0.724. The molecule has 0 aliphatic heterocycles. The van der Waals surface area contributed by atoms with Crippen molar-refractivity contribution in [3.05, 3.63) is 72.3 Å². The Morgan fingerprint density at radius 3 is 2.12 bits per heavy atom. The zero-order valence-electron chi connectivity index (χ0n) is 14.1. The highest BCUT2D eigenvalue weighted by molar-refractivity contribution is 7.89. The molecular weight excluding hydrogens is 334 g/mol. The van der Waals surface area contributed by atoms with E-state index >= 15 is 0 Å². The van der Waals surface area contributed by atoms with Crippen molar-refractivity contribution >= 4 is 10.0 Å². The van der Waals surface area contributed by atoms with Crippen LogP contribution in [0, 0.1) is 6.92 Å². The maximum Gasteiger partial charge on any atom is 0.238 e. The highest BCUT2D eigenvalue weighted by Gasteiger charge is 2.18. The molecule has 3 rings (SSSR count). The summed E-state index contributed by atoms with van der Waals surface area (Å²) >= 11 is 0. The van der Waals surface area contributed by atoms with E-state index in [1.165, 1.54) is 6.07 Å². The zero-order chi connectivity index (χ0) is 18.0. The van der Waals surface area contributed by atoms with E-state index in [4.69, 9.17) is 9.88 Å². The molecule has 2 N–H and O–H groups in total. The maximum absolute atomic E-state index is 12.0. The molecular formula is C20H19NO3S. The van der Waals surface area contributed by atoms with Gasteiger partial charge in [0.05, 0.1) is 12.0 Å². The molecule has 0 radical (unpaired) electrons. The number of hydrogen-bond acceptors (Lipinski definition) is 3. The Bertz CT molecular complexity index is 1030. The zero-order valence-corrected chi connectivity index (χ0v) is 14.9. The van der Waals surface area contributed by atoms with Crippen LogP contribution in [0.2, 0.25) is 0 Å². The summed E-state index contributed by atoms with van der Waals surface area (Å²) in [5.41, 5.74) is 4.23. The first-order valence-corrected chi connectivity index (χ1v) is 9.32. The lowest BCUT2D eigenvalue weighted by Gasteiger charge is -2.16. The lowest BCUT2D eigenvalue weighted by molar-refractivity contribution is 0.416. The van der Waals surface area contributed by atoms with Crippen molar-refractivity contribution in [2.24, 2.45) is 5.14 Å². The fraction of sp³-hybridized carbons (Fsp3) is 0.100. The molecule has 3 aromatic carbocycles. The third kappa shape index (κ3) is 3.43. The van der Waals surface area contributed by atoms with Crippen molar-refractivity contribution in [3.63, 3.8) is 0 Å². The van der Waals surface area contributed by atoms with Gasteiger partial charge in [-0.1, -0.05) is 60.2 Å². The SMILES string of the molecule is COc1ccccc1-c1cc(C)ccc1-c1ccccc1S(N)(=O)=O. The smallest absolute Gasteiger partial charge is 0.238 e. The first kappa shape index (κ1) is 17.2. The Kier molecular flexibility index (Phi) is 4.61. The number of benzene rings is 3. The summed E-state index contributed by atoms with van der Waals surface area (Å²) < 4.78 is 29.5. The van der Waals surface area contributed by atoms with Crippen LogP contribution in [0.5, 0.6) is 5.75 Å². The first-order valence-electron chi connectivity index (χ1n) is 7.78. The van der Waals surface area contributed by atoms with Crippen LogP contribution in [0.15, 0.2) is 71.6 Å². The van der Waals surface area contributed by atoms with Gasteiger partial charge in [-0.2, -0.15) is 0 Å². The molecule has 128 valence electrons. The predicted octanol–water partition coefficient (Wildman–Crippen LogP) is 3.99. The van der Waals surface area contributed by atoms with Crippen molar-refractivity contribution in [2.45, 2.75) is 11.8 Å². The molecule has 25 heavy (non-hydrogen) atoms. The quantitative estimate of drug-likeness (QED) is 0.771. The number of primary sulfonamides is 1. The fourth-order valence-electron chi connectivity index (χ4n) is 2.92. The van der Waals surface area contributed by atoms with Crippen molar-refractivity contribution < 1.29 is 13.2 Å². The number of rotatable bonds is 4. The van der Waals surface area contributed by atoms with Gasteiger partial charge in [0.2, 0.25) is 10.0 Å². The highest BCUT2D eigenvalue weighted by Crippen LogP contribution is 2.39. The van der Waals surface area contributed by atoms with Crippen LogP contribution in [-0.4, -0.2) is 15.5 Å². The Morgan fingerprint density at radius 2 is 1.44 bits per heavy atom. The van der Waals surface area contributed by atoms with E-state index in [1.54, 1.807) is 25.3 Å². The fourth-order valence-corrected chi connectivity index (χ4v) is 3.67. The first-order chi connectivity index (χ1) is 11.9. The summed E-state index contributed by atoms with van der Waals surface area (Å²) in [6, 6.07) is 20.3. The van der Waals surface area contributed by atoms with Crippen molar-refractivity contribution in [3.8, 4) is 28.0 Å². The van der Waals surface area contributed by atoms with E-state index in [9.17, 15) is 8.42 Å². The Hall–Kier alpha value is -2.63. The van der Waals surface area contributed by atoms with E-state index in [1.807, 2.05) is 49.4 Å². The van der Waals surface area contributed by atoms with Crippen LogP contribution in [0.1, 0.15) is 5.56 Å². The number of hydrogen-bond donors (Lipinski definition) is 1. The average Bonchev–Trinajstić information content (AvgIpc) is 2.61. The molecule has 0 fully saturated rings. The van der Waals surface area contributed by atoms with Gasteiger partial charge in [-0.3, -0.25) is 0 Å². The molecule has 0 saturated carbocycles. The van der Waals surface area contributed by atoms with E-state index in [0.29, 0.717) is 5.56 Å². The largest absolute Gasteiger partial charge is 0.496 e. The van der Waals surface area contributed by atoms with Crippen LogP contribution in [0.4, 0.5) is 0 Å². The topological polar surface area (TPSA) is 69.4 Å². The lowest BCUT2D eigenvalue weighted by Crippen LogP contribution is -2.13. The third-order valence-corrected chi connectivity index (χ3v) is 5.03. The van der Waals surface area contributed by atoms with E-state index in [-0.39, 0.29) is 4.90 Å². The molecule has 5 heteroatoms. The number of methoxy groups -OCH3 is 1. The van der Waals surface area contributed by atoms with Crippen LogP contribution in [0.3, 0.4) is 0 Å². The lowest BCUT2D eigenvalue weighted by atomic mass is 9.92. The minimum Gasteiger partial charge on any atom is -0.496 e. The summed E-state index contributed by atoms with van der Waals surface area (Å²) in [6.45, 7) is 1.99. The second-order valence-corrected chi connectivity index (χ2v) is 7.32. The number of ether oxygens (including phenoxy) is 1. The van der Waals surface area contributed by atoms with Gasteiger partial charge in [0.1, 0.15) is 5.75 Å². The molecule has 0 spiro atoms. The average molecular weight is 353 g/mol. The van der Waals surface area contributed by atoms with Crippen molar-refractivity contribution in [1.29, 1.82) is 0 Å². The third-order valence-electron chi connectivity index (χ3n) is 4.06. The van der Waals surface area contributed by atoms with Crippen molar-refractivity contribution in [2.75, 3.05) is 7.11 Å². The molecule has 0 unspecified atom stereocenters.